The average molecular weight is 589 g/mol. The third-order valence-electron chi connectivity index (χ3n) is 7.64. The molecule has 0 radical (unpaired) electrons. The van der Waals surface area contributed by atoms with Crippen LogP contribution in [0, 0.1) is 0 Å². The Morgan fingerprint density at radius 2 is 1.56 bits per heavy atom. The van der Waals surface area contributed by atoms with Gasteiger partial charge < -0.3 is 30.2 Å². The van der Waals surface area contributed by atoms with Crippen LogP contribution in [-0.4, -0.2) is 55.2 Å². The van der Waals surface area contributed by atoms with Gasteiger partial charge in [0.15, 0.2) is 11.5 Å². The number of hydrogen-bond acceptors (Lipinski definition) is 6. The summed E-state index contributed by atoms with van der Waals surface area (Å²) in [6.07, 6.45) is 4.04. The van der Waals surface area contributed by atoms with E-state index in [2.05, 4.69) is 34.7 Å². The molecule has 1 atom stereocenters. The molecule has 3 amide bonds. The molecule has 1 aliphatic rings. The van der Waals surface area contributed by atoms with Gasteiger partial charge in [-0.15, -0.1) is 0 Å². The molecule has 0 spiro atoms. The number of benzene rings is 3. The van der Waals surface area contributed by atoms with E-state index >= 15 is 0 Å². The van der Waals surface area contributed by atoms with Gasteiger partial charge in [-0.2, -0.15) is 0 Å². The lowest BCUT2D eigenvalue weighted by molar-refractivity contribution is 0.0706. The summed E-state index contributed by atoms with van der Waals surface area (Å²) in [6.45, 7) is 10.5. The van der Waals surface area contributed by atoms with E-state index < -0.39 is 0 Å². The van der Waals surface area contributed by atoms with Crippen LogP contribution in [0.25, 0.3) is 0 Å². The smallest absolute Gasteiger partial charge is 0.319 e. The van der Waals surface area contributed by atoms with Gasteiger partial charge in [0.2, 0.25) is 0 Å². The Morgan fingerprint density at radius 1 is 0.884 bits per heavy atom. The van der Waals surface area contributed by atoms with E-state index in [0.29, 0.717) is 40.2 Å². The molecule has 0 aliphatic carbocycles. The van der Waals surface area contributed by atoms with Crippen molar-refractivity contribution in [3.05, 3.63) is 72.3 Å². The molecule has 230 valence electrons. The lowest BCUT2D eigenvalue weighted by Gasteiger charge is -2.35. The third-order valence-corrected chi connectivity index (χ3v) is 7.64. The number of anilines is 2. The molecule has 1 aliphatic heterocycles. The summed E-state index contributed by atoms with van der Waals surface area (Å²) in [5, 5.41) is 8.73. The van der Waals surface area contributed by atoms with Crippen LogP contribution in [0.4, 0.5) is 16.2 Å². The number of nitrogens with one attached hydrogen (secondary N) is 3. The van der Waals surface area contributed by atoms with E-state index in [4.69, 9.17) is 14.2 Å². The zero-order chi connectivity index (χ0) is 30.8. The number of carbonyl (C=O) groups is 2. The van der Waals surface area contributed by atoms with Crippen LogP contribution in [0.1, 0.15) is 63.7 Å². The highest BCUT2D eigenvalue weighted by molar-refractivity contribution is 6.04. The van der Waals surface area contributed by atoms with Crippen molar-refractivity contribution in [2.24, 2.45) is 0 Å². The molecule has 9 heteroatoms. The lowest BCUT2D eigenvalue weighted by Crippen LogP contribution is -2.44. The molecule has 1 unspecified atom stereocenters. The number of nitrogens with zero attached hydrogens (tertiary/aromatic N) is 1. The zero-order valence-electron chi connectivity index (χ0n) is 25.8. The lowest BCUT2D eigenvalue weighted by atomic mass is 10.1. The van der Waals surface area contributed by atoms with Gasteiger partial charge in [-0.1, -0.05) is 13.8 Å². The number of piperidine rings is 1. The van der Waals surface area contributed by atoms with E-state index in [9.17, 15) is 9.59 Å². The Balaban J connectivity index is 1.33. The fourth-order valence-electron chi connectivity index (χ4n) is 5.02. The molecule has 9 nitrogen and oxygen atoms in total. The molecule has 0 bridgehead atoms. The molecule has 4 rings (SSSR count). The topological polar surface area (TPSA) is 101 Å². The van der Waals surface area contributed by atoms with Gasteiger partial charge in [0.25, 0.3) is 5.91 Å². The molecule has 0 saturated carbocycles. The second kappa shape index (κ2) is 15.3. The standard InChI is InChI=1S/C34H44N4O5/c1-6-25(7-2)36-34(40)37-27-14-19-31(41-5)32(21-27)43-29-17-12-26(13-18-29)35-33(39)24-10-15-28(16-11-24)42-30-9-8-20-38(22-30)23(3)4/h10-19,21,23,25,30H,6-9,20,22H2,1-5H3,(H,35,39)(H2,36,37,40). The van der Waals surface area contributed by atoms with Gasteiger partial charge in [0.1, 0.15) is 17.6 Å². The number of methoxy groups -OCH3 is 1. The van der Waals surface area contributed by atoms with Crippen molar-refractivity contribution in [1.82, 2.24) is 10.2 Å². The van der Waals surface area contributed by atoms with E-state index in [0.717, 1.165) is 44.5 Å². The van der Waals surface area contributed by atoms with Crippen LogP contribution in [0.5, 0.6) is 23.0 Å². The number of amides is 3. The van der Waals surface area contributed by atoms with Crippen LogP contribution in [0.3, 0.4) is 0 Å². The molecule has 1 fully saturated rings. The number of carbonyl (C=O) groups excluding carboxylic acids is 2. The first-order chi connectivity index (χ1) is 20.8. The maximum atomic E-state index is 12.9. The summed E-state index contributed by atoms with van der Waals surface area (Å²) in [4.78, 5) is 27.7. The Labute approximate surface area is 254 Å². The zero-order valence-corrected chi connectivity index (χ0v) is 25.8. The summed E-state index contributed by atoms with van der Waals surface area (Å²) in [7, 11) is 1.56. The summed E-state index contributed by atoms with van der Waals surface area (Å²) in [5.74, 6) is 2.09. The van der Waals surface area contributed by atoms with Crippen molar-refractivity contribution < 1.29 is 23.8 Å². The minimum atomic E-state index is -0.269. The first-order valence-corrected chi connectivity index (χ1v) is 15.1. The molecule has 3 N–H and O–H groups in total. The van der Waals surface area contributed by atoms with Gasteiger partial charge >= 0.3 is 6.03 Å². The Bertz CT molecular complexity index is 1340. The van der Waals surface area contributed by atoms with Crippen LogP contribution in [0.15, 0.2) is 66.7 Å². The Hall–Kier alpha value is -4.24. The third kappa shape index (κ3) is 9.12. The highest BCUT2D eigenvalue weighted by Crippen LogP contribution is 2.34. The number of rotatable bonds is 12. The molecule has 3 aromatic rings. The summed E-state index contributed by atoms with van der Waals surface area (Å²) < 4.78 is 17.7. The van der Waals surface area contributed by atoms with Crippen molar-refractivity contribution in [3.8, 4) is 23.0 Å². The molecule has 43 heavy (non-hydrogen) atoms. The van der Waals surface area contributed by atoms with Gasteiger partial charge in [-0.05, 0) is 107 Å². The second-order valence-electron chi connectivity index (χ2n) is 11.1. The maximum absolute atomic E-state index is 12.9. The van der Waals surface area contributed by atoms with E-state index in [1.807, 2.05) is 26.0 Å². The number of urea groups is 1. The second-order valence-corrected chi connectivity index (χ2v) is 11.1. The highest BCUT2D eigenvalue weighted by atomic mass is 16.5. The summed E-state index contributed by atoms with van der Waals surface area (Å²) in [5.41, 5.74) is 1.76. The van der Waals surface area contributed by atoms with Crippen LogP contribution < -0.4 is 30.2 Å². The van der Waals surface area contributed by atoms with Crippen LogP contribution >= 0.6 is 0 Å². The van der Waals surface area contributed by atoms with Crippen molar-refractivity contribution in [2.45, 2.75) is 71.6 Å². The molecule has 3 aromatic carbocycles. The summed E-state index contributed by atoms with van der Waals surface area (Å²) in [6, 6.07) is 19.9. The fraction of sp³-hybridized carbons (Fsp3) is 0.412. The predicted molar refractivity (Wildman–Crippen MR) is 171 cm³/mol. The highest BCUT2D eigenvalue weighted by Gasteiger charge is 2.23. The normalized spacial score (nSPS) is 15.2. The van der Waals surface area contributed by atoms with Gasteiger partial charge in [-0.3, -0.25) is 9.69 Å². The minimum Gasteiger partial charge on any atom is -0.493 e. The van der Waals surface area contributed by atoms with Gasteiger partial charge in [0, 0.05) is 41.6 Å². The van der Waals surface area contributed by atoms with Crippen molar-refractivity contribution >= 4 is 23.3 Å². The predicted octanol–water partition coefficient (Wildman–Crippen LogP) is 7.30. The van der Waals surface area contributed by atoms with Gasteiger partial charge in [0.05, 0.1) is 7.11 Å². The number of hydrogen-bond donors (Lipinski definition) is 3. The largest absolute Gasteiger partial charge is 0.493 e. The van der Waals surface area contributed by atoms with Crippen molar-refractivity contribution in [3.63, 3.8) is 0 Å². The summed E-state index contributed by atoms with van der Waals surface area (Å²) >= 11 is 0. The van der Waals surface area contributed by atoms with Crippen molar-refractivity contribution in [1.29, 1.82) is 0 Å². The van der Waals surface area contributed by atoms with Crippen molar-refractivity contribution in [2.75, 3.05) is 30.8 Å². The van der Waals surface area contributed by atoms with E-state index in [-0.39, 0.29) is 24.1 Å². The SMILES string of the molecule is CCC(CC)NC(=O)Nc1ccc(OC)c(Oc2ccc(NC(=O)c3ccc(OC4CCCN(C(C)C)C4)cc3)cc2)c1. The molecular weight excluding hydrogens is 544 g/mol. The minimum absolute atomic E-state index is 0.115. The maximum Gasteiger partial charge on any atom is 0.319 e. The van der Waals surface area contributed by atoms with Crippen LogP contribution in [-0.2, 0) is 0 Å². The fourth-order valence-corrected chi connectivity index (χ4v) is 5.02. The van der Waals surface area contributed by atoms with Gasteiger partial charge in [-0.25, -0.2) is 4.79 Å². The first kappa shape index (κ1) is 31.7. The van der Waals surface area contributed by atoms with E-state index in [1.165, 1.54) is 0 Å². The molecule has 1 heterocycles. The van der Waals surface area contributed by atoms with Crippen LogP contribution in [0.2, 0.25) is 0 Å². The Kier molecular flexibility index (Phi) is 11.3. The number of ether oxygens (including phenoxy) is 3. The molecule has 0 aromatic heterocycles. The quantitative estimate of drug-likeness (QED) is 0.205. The van der Waals surface area contributed by atoms with E-state index in [1.54, 1.807) is 61.7 Å². The first-order valence-electron chi connectivity index (χ1n) is 15.1. The monoisotopic (exact) mass is 588 g/mol. The molecule has 1 saturated heterocycles. The number of likely N-dealkylation sites (tertiary alicyclic amines) is 1. The Morgan fingerprint density at radius 3 is 2.21 bits per heavy atom. The molecular formula is C34H44N4O5. The average Bonchev–Trinajstić information content (AvgIpc) is 3.01.